The van der Waals surface area contributed by atoms with E-state index in [-0.39, 0.29) is 0 Å². The zero-order valence-corrected chi connectivity index (χ0v) is 11.2. The molecule has 6 heteroatoms. The molecule has 0 bridgehead atoms. The van der Waals surface area contributed by atoms with Crippen LogP contribution in [0.2, 0.25) is 10.0 Å². The Balaban J connectivity index is 1.99. The number of rotatable bonds is 2. The normalized spacial score (nSPS) is 10.6. The van der Waals surface area contributed by atoms with Crippen LogP contribution in [0.5, 0.6) is 0 Å². The van der Waals surface area contributed by atoms with Gasteiger partial charge >= 0.3 is 0 Å². The Bertz CT molecular complexity index is 710. The van der Waals surface area contributed by atoms with Crippen molar-refractivity contribution in [2.45, 2.75) is 0 Å². The van der Waals surface area contributed by atoms with Crippen molar-refractivity contribution in [3.63, 3.8) is 0 Å². The largest absolute Gasteiger partial charge is 0.205 e. The van der Waals surface area contributed by atoms with Crippen LogP contribution in [-0.4, -0.2) is 20.2 Å². The molecule has 1 heterocycles. The molecule has 0 unspecified atom stereocenters. The van der Waals surface area contributed by atoms with Crippen LogP contribution >= 0.6 is 23.2 Å². The van der Waals surface area contributed by atoms with Crippen molar-refractivity contribution in [1.82, 2.24) is 20.2 Å². The van der Waals surface area contributed by atoms with E-state index in [2.05, 4.69) is 15.4 Å². The van der Waals surface area contributed by atoms with E-state index in [1.165, 1.54) is 4.80 Å². The summed E-state index contributed by atoms with van der Waals surface area (Å²) in [5.74, 6) is 0.562. The highest BCUT2D eigenvalue weighted by Crippen LogP contribution is 2.24. The molecule has 0 aliphatic rings. The van der Waals surface area contributed by atoms with Gasteiger partial charge in [0.25, 0.3) is 0 Å². The quantitative estimate of drug-likeness (QED) is 0.724. The highest BCUT2D eigenvalue weighted by Gasteiger charge is 2.08. The molecule has 0 aliphatic carbocycles. The van der Waals surface area contributed by atoms with E-state index in [1.807, 2.05) is 30.3 Å². The number of benzene rings is 2. The number of hydrogen-bond acceptors (Lipinski definition) is 3. The minimum atomic E-state index is 0.456. The summed E-state index contributed by atoms with van der Waals surface area (Å²) < 4.78 is 0. The first-order valence-corrected chi connectivity index (χ1v) is 6.30. The molecule has 3 aromatic rings. The van der Waals surface area contributed by atoms with Gasteiger partial charge in [-0.3, -0.25) is 0 Å². The van der Waals surface area contributed by atoms with Crippen LogP contribution in [-0.2, 0) is 0 Å². The summed E-state index contributed by atoms with van der Waals surface area (Å²) in [5, 5.41) is 13.3. The van der Waals surface area contributed by atoms with Gasteiger partial charge in [0, 0.05) is 5.56 Å². The van der Waals surface area contributed by atoms with Gasteiger partial charge in [0.05, 0.1) is 15.7 Å². The minimum Gasteiger partial charge on any atom is -0.130 e. The zero-order valence-electron chi connectivity index (χ0n) is 9.66. The molecule has 0 amide bonds. The molecule has 0 saturated carbocycles. The van der Waals surface area contributed by atoms with Crippen molar-refractivity contribution in [1.29, 1.82) is 0 Å². The Kier molecular flexibility index (Phi) is 3.19. The molecule has 0 atom stereocenters. The van der Waals surface area contributed by atoms with E-state index in [9.17, 15) is 0 Å². The number of nitrogens with zero attached hydrogens (tertiary/aromatic N) is 4. The third-order valence-corrected chi connectivity index (χ3v) is 3.32. The molecular formula is C13H8Cl2N4. The average molecular weight is 291 g/mol. The number of tetrazole rings is 1. The van der Waals surface area contributed by atoms with E-state index in [0.29, 0.717) is 21.6 Å². The Morgan fingerprint density at radius 2 is 1.68 bits per heavy atom. The van der Waals surface area contributed by atoms with Gasteiger partial charge in [-0.15, -0.1) is 15.0 Å². The van der Waals surface area contributed by atoms with E-state index < -0.39 is 0 Å². The van der Waals surface area contributed by atoms with Crippen LogP contribution < -0.4 is 0 Å². The van der Waals surface area contributed by atoms with Crippen molar-refractivity contribution >= 4 is 23.2 Å². The molecule has 4 nitrogen and oxygen atoms in total. The fraction of sp³-hybridized carbons (Fsp3) is 0. The smallest absolute Gasteiger partial charge is 0.130 e. The van der Waals surface area contributed by atoms with Crippen LogP contribution in [0.25, 0.3) is 17.1 Å². The van der Waals surface area contributed by atoms with Crippen LogP contribution in [0.4, 0.5) is 0 Å². The fourth-order valence-electron chi connectivity index (χ4n) is 1.64. The molecule has 0 saturated heterocycles. The predicted molar refractivity (Wildman–Crippen MR) is 74.6 cm³/mol. The van der Waals surface area contributed by atoms with Gasteiger partial charge in [0.15, 0.2) is 0 Å². The molecule has 0 aliphatic heterocycles. The van der Waals surface area contributed by atoms with Crippen molar-refractivity contribution in [3.05, 3.63) is 58.6 Å². The Morgan fingerprint density at radius 1 is 0.895 bits per heavy atom. The van der Waals surface area contributed by atoms with Gasteiger partial charge in [-0.2, -0.15) is 0 Å². The van der Waals surface area contributed by atoms with Gasteiger partial charge in [-0.1, -0.05) is 53.5 Å². The lowest BCUT2D eigenvalue weighted by molar-refractivity contribution is 0.720. The van der Waals surface area contributed by atoms with Crippen molar-refractivity contribution in [2.24, 2.45) is 0 Å². The van der Waals surface area contributed by atoms with Gasteiger partial charge in [-0.05, 0) is 23.4 Å². The molecular weight excluding hydrogens is 283 g/mol. The summed E-state index contributed by atoms with van der Waals surface area (Å²) in [5.41, 5.74) is 1.62. The molecule has 0 radical (unpaired) electrons. The second-order valence-electron chi connectivity index (χ2n) is 3.87. The van der Waals surface area contributed by atoms with Crippen LogP contribution in [0.1, 0.15) is 0 Å². The molecule has 2 aromatic carbocycles. The van der Waals surface area contributed by atoms with Gasteiger partial charge in [0.2, 0.25) is 5.82 Å². The first-order chi connectivity index (χ1) is 9.24. The maximum atomic E-state index is 5.97. The van der Waals surface area contributed by atoms with E-state index >= 15 is 0 Å². The van der Waals surface area contributed by atoms with Crippen molar-refractivity contribution < 1.29 is 0 Å². The molecule has 0 fully saturated rings. The SMILES string of the molecule is Clc1ccc(-n2nnc(-c3ccccc3)n2)cc1Cl. The second-order valence-corrected chi connectivity index (χ2v) is 4.68. The van der Waals surface area contributed by atoms with Crippen molar-refractivity contribution in [2.75, 3.05) is 0 Å². The van der Waals surface area contributed by atoms with E-state index in [1.54, 1.807) is 18.2 Å². The maximum Gasteiger partial charge on any atom is 0.205 e. The lowest BCUT2D eigenvalue weighted by Gasteiger charge is -2.00. The summed E-state index contributed by atoms with van der Waals surface area (Å²) >= 11 is 11.8. The fourth-order valence-corrected chi connectivity index (χ4v) is 1.93. The first kappa shape index (κ1) is 12.1. The first-order valence-electron chi connectivity index (χ1n) is 5.55. The zero-order chi connectivity index (χ0) is 13.2. The number of halogens is 2. The lowest BCUT2D eigenvalue weighted by atomic mass is 10.2. The summed E-state index contributed by atoms with van der Waals surface area (Å²) in [6.07, 6.45) is 0. The molecule has 0 N–H and O–H groups in total. The third-order valence-electron chi connectivity index (χ3n) is 2.58. The topological polar surface area (TPSA) is 43.6 Å². The van der Waals surface area contributed by atoms with Gasteiger partial charge in [-0.25, -0.2) is 0 Å². The van der Waals surface area contributed by atoms with Crippen LogP contribution in [0.3, 0.4) is 0 Å². The lowest BCUT2D eigenvalue weighted by Crippen LogP contribution is -1.98. The maximum absolute atomic E-state index is 5.97. The second kappa shape index (κ2) is 4.99. The monoisotopic (exact) mass is 290 g/mol. The standard InChI is InChI=1S/C13H8Cl2N4/c14-11-7-6-10(8-12(11)15)19-17-13(16-18-19)9-4-2-1-3-5-9/h1-8H. The Labute approximate surface area is 119 Å². The van der Waals surface area contributed by atoms with Crippen LogP contribution in [0.15, 0.2) is 48.5 Å². The Hall–Kier alpha value is -1.91. The van der Waals surface area contributed by atoms with Crippen molar-refractivity contribution in [3.8, 4) is 17.1 Å². The molecule has 19 heavy (non-hydrogen) atoms. The predicted octanol–water partition coefficient (Wildman–Crippen LogP) is 3.64. The average Bonchev–Trinajstić information content (AvgIpc) is 2.93. The molecule has 0 spiro atoms. The molecule has 1 aromatic heterocycles. The summed E-state index contributed by atoms with van der Waals surface area (Å²) in [6.45, 7) is 0. The van der Waals surface area contributed by atoms with Gasteiger partial charge < -0.3 is 0 Å². The molecule has 94 valence electrons. The highest BCUT2D eigenvalue weighted by molar-refractivity contribution is 6.42. The molecule has 3 rings (SSSR count). The van der Waals surface area contributed by atoms with E-state index in [0.717, 1.165) is 5.56 Å². The summed E-state index contributed by atoms with van der Waals surface area (Å²) in [4.78, 5) is 1.42. The summed E-state index contributed by atoms with van der Waals surface area (Å²) in [7, 11) is 0. The minimum absolute atomic E-state index is 0.456. The number of aromatic nitrogens is 4. The summed E-state index contributed by atoms with van der Waals surface area (Å²) in [6, 6.07) is 14.8. The number of hydrogen-bond donors (Lipinski definition) is 0. The van der Waals surface area contributed by atoms with Gasteiger partial charge in [0.1, 0.15) is 0 Å². The third kappa shape index (κ3) is 2.45. The van der Waals surface area contributed by atoms with Crippen LogP contribution in [0, 0.1) is 0 Å². The van der Waals surface area contributed by atoms with E-state index in [4.69, 9.17) is 23.2 Å². The Morgan fingerprint density at radius 3 is 2.42 bits per heavy atom. The highest BCUT2D eigenvalue weighted by atomic mass is 35.5.